The fraction of sp³-hybridized carbons (Fsp3) is 0.591. The first-order valence-corrected chi connectivity index (χ1v) is 10.1. The molecule has 3 rings (SSSR count). The van der Waals surface area contributed by atoms with Crippen LogP contribution in [0, 0.1) is 25.7 Å². The van der Waals surface area contributed by atoms with Gasteiger partial charge in [-0.15, -0.1) is 0 Å². The van der Waals surface area contributed by atoms with E-state index in [1.165, 1.54) is 7.11 Å². The maximum absolute atomic E-state index is 13.0. The zero-order valence-electron chi connectivity index (χ0n) is 17.2. The van der Waals surface area contributed by atoms with Crippen LogP contribution in [0.2, 0.25) is 0 Å². The average Bonchev–Trinajstić information content (AvgIpc) is 3.07. The predicted octanol–water partition coefficient (Wildman–Crippen LogP) is 2.89. The second-order valence-electron chi connectivity index (χ2n) is 8.35. The van der Waals surface area contributed by atoms with Crippen molar-refractivity contribution >= 4 is 23.5 Å². The van der Waals surface area contributed by atoms with Gasteiger partial charge in [0.2, 0.25) is 11.8 Å². The van der Waals surface area contributed by atoms with E-state index in [1.54, 1.807) is 4.90 Å². The molecule has 1 aliphatic heterocycles. The third kappa shape index (κ3) is 3.77. The minimum Gasteiger partial charge on any atom is -0.467 e. The smallest absolute Gasteiger partial charge is 0.331 e. The molecule has 0 bridgehead atoms. The SMILES string of the molecule is COC(=O)C1(NC(=O)C2CCN(c3ccc(C)c(C)c3)C2=O)CCC(C)CC1. The van der Waals surface area contributed by atoms with Crippen LogP contribution in [0.5, 0.6) is 0 Å². The highest BCUT2D eigenvalue weighted by atomic mass is 16.5. The van der Waals surface area contributed by atoms with Gasteiger partial charge >= 0.3 is 5.97 Å². The number of anilines is 1. The normalized spacial score (nSPS) is 27.6. The van der Waals surface area contributed by atoms with E-state index in [0.29, 0.717) is 31.7 Å². The summed E-state index contributed by atoms with van der Waals surface area (Å²) in [5.41, 5.74) is 2.08. The van der Waals surface area contributed by atoms with Crippen LogP contribution in [-0.2, 0) is 19.1 Å². The van der Waals surface area contributed by atoms with Gasteiger partial charge in [0.15, 0.2) is 0 Å². The van der Waals surface area contributed by atoms with Crippen LogP contribution in [0.1, 0.15) is 50.2 Å². The molecule has 1 aliphatic carbocycles. The summed E-state index contributed by atoms with van der Waals surface area (Å²) in [5.74, 6) is -1.23. The molecule has 0 radical (unpaired) electrons. The van der Waals surface area contributed by atoms with Crippen LogP contribution in [-0.4, -0.2) is 37.0 Å². The number of carbonyl (C=O) groups excluding carboxylic acids is 3. The quantitative estimate of drug-likeness (QED) is 0.638. The molecule has 1 N–H and O–H groups in total. The third-order valence-electron chi connectivity index (χ3n) is 6.39. The van der Waals surface area contributed by atoms with Crippen LogP contribution >= 0.6 is 0 Å². The minimum atomic E-state index is -1.01. The Hall–Kier alpha value is -2.37. The zero-order valence-corrected chi connectivity index (χ0v) is 17.2. The Morgan fingerprint density at radius 3 is 2.43 bits per heavy atom. The number of nitrogens with one attached hydrogen (secondary N) is 1. The molecule has 2 fully saturated rings. The van der Waals surface area contributed by atoms with Gasteiger partial charge < -0.3 is 15.0 Å². The summed E-state index contributed by atoms with van der Waals surface area (Å²) in [6.07, 6.45) is 3.25. The number of ether oxygens (including phenoxy) is 1. The molecular weight excluding hydrogens is 356 g/mol. The van der Waals surface area contributed by atoms with E-state index in [1.807, 2.05) is 32.0 Å². The third-order valence-corrected chi connectivity index (χ3v) is 6.39. The molecule has 1 aromatic rings. The molecule has 152 valence electrons. The molecule has 2 aliphatic rings. The number of nitrogens with zero attached hydrogens (tertiary/aromatic N) is 1. The van der Waals surface area contributed by atoms with Crippen LogP contribution in [0.15, 0.2) is 18.2 Å². The Bertz CT molecular complexity index is 781. The van der Waals surface area contributed by atoms with E-state index in [4.69, 9.17) is 4.74 Å². The van der Waals surface area contributed by atoms with E-state index in [9.17, 15) is 14.4 Å². The van der Waals surface area contributed by atoms with Gasteiger partial charge in [-0.25, -0.2) is 4.79 Å². The lowest BCUT2D eigenvalue weighted by Gasteiger charge is -2.38. The Kier molecular flexibility index (Phi) is 5.77. The monoisotopic (exact) mass is 386 g/mol. The van der Waals surface area contributed by atoms with Gasteiger partial charge in [-0.3, -0.25) is 9.59 Å². The van der Waals surface area contributed by atoms with Crippen LogP contribution in [0.3, 0.4) is 0 Å². The molecule has 6 heteroatoms. The summed E-state index contributed by atoms with van der Waals surface area (Å²) >= 11 is 0. The fourth-order valence-electron chi connectivity index (χ4n) is 4.23. The molecule has 1 aromatic carbocycles. The first-order valence-electron chi connectivity index (χ1n) is 10.1. The van der Waals surface area contributed by atoms with Gasteiger partial charge in [0.05, 0.1) is 7.11 Å². The van der Waals surface area contributed by atoms with Crippen molar-refractivity contribution in [3.8, 4) is 0 Å². The highest BCUT2D eigenvalue weighted by molar-refractivity contribution is 6.10. The number of hydrogen-bond donors (Lipinski definition) is 1. The summed E-state index contributed by atoms with van der Waals surface area (Å²) < 4.78 is 4.98. The van der Waals surface area contributed by atoms with E-state index < -0.39 is 17.4 Å². The van der Waals surface area contributed by atoms with Gasteiger partial charge in [0, 0.05) is 12.2 Å². The number of carbonyl (C=O) groups is 3. The lowest BCUT2D eigenvalue weighted by Crippen LogP contribution is -2.58. The van der Waals surface area contributed by atoms with Crippen LogP contribution in [0.4, 0.5) is 5.69 Å². The molecule has 6 nitrogen and oxygen atoms in total. The highest BCUT2D eigenvalue weighted by Crippen LogP contribution is 2.34. The summed E-state index contributed by atoms with van der Waals surface area (Å²) in [4.78, 5) is 40.0. The fourth-order valence-corrected chi connectivity index (χ4v) is 4.23. The van der Waals surface area contributed by atoms with E-state index in [0.717, 1.165) is 29.7 Å². The summed E-state index contributed by atoms with van der Waals surface area (Å²) in [6, 6.07) is 5.88. The summed E-state index contributed by atoms with van der Waals surface area (Å²) in [7, 11) is 1.34. The maximum atomic E-state index is 13.0. The Balaban J connectivity index is 1.74. The maximum Gasteiger partial charge on any atom is 0.331 e. The minimum absolute atomic E-state index is 0.204. The Morgan fingerprint density at radius 1 is 1.14 bits per heavy atom. The van der Waals surface area contributed by atoms with Gasteiger partial charge in [0.1, 0.15) is 11.5 Å². The van der Waals surface area contributed by atoms with E-state index in [-0.39, 0.29) is 11.8 Å². The predicted molar refractivity (Wildman–Crippen MR) is 107 cm³/mol. The lowest BCUT2D eigenvalue weighted by atomic mass is 9.76. The molecule has 1 atom stereocenters. The van der Waals surface area contributed by atoms with Gasteiger partial charge in [-0.1, -0.05) is 13.0 Å². The van der Waals surface area contributed by atoms with E-state index >= 15 is 0 Å². The molecule has 0 aromatic heterocycles. The molecule has 28 heavy (non-hydrogen) atoms. The molecular formula is C22H30N2O4. The number of methoxy groups -OCH3 is 1. The molecule has 1 saturated carbocycles. The molecule has 0 spiro atoms. The molecule has 1 heterocycles. The first-order chi connectivity index (χ1) is 13.3. The van der Waals surface area contributed by atoms with Crippen LogP contribution < -0.4 is 10.2 Å². The second kappa shape index (κ2) is 7.94. The number of aryl methyl sites for hydroxylation is 2. The van der Waals surface area contributed by atoms with Gasteiger partial charge in [0.25, 0.3) is 0 Å². The van der Waals surface area contributed by atoms with Crippen molar-refractivity contribution in [3.05, 3.63) is 29.3 Å². The number of hydrogen-bond acceptors (Lipinski definition) is 4. The largest absolute Gasteiger partial charge is 0.467 e. The zero-order chi connectivity index (χ0) is 20.5. The van der Waals surface area contributed by atoms with Crippen molar-refractivity contribution in [2.24, 2.45) is 11.8 Å². The Labute approximate surface area is 166 Å². The van der Waals surface area contributed by atoms with Crippen molar-refractivity contribution in [2.45, 2.75) is 58.4 Å². The van der Waals surface area contributed by atoms with Crippen molar-refractivity contribution in [2.75, 3.05) is 18.6 Å². The molecule has 1 saturated heterocycles. The first kappa shape index (κ1) is 20.4. The number of rotatable bonds is 4. The molecule has 2 amide bonds. The van der Waals surface area contributed by atoms with E-state index in [2.05, 4.69) is 12.2 Å². The van der Waals surface area contributed by atoms with Crippen molar-refractivity contribution in [1.29, 1.82) is 0 Å². The summed E-state index contributed by atoms with van der Waals surface area (Å²) in [5, 5.41) is 2.91. The number of amides is 2. The van der Waals surface area contributed by atoms with Gasteiger partial charge in [-0.2, -0.15) is 0 Å². The second-order valence-corrected chi connectivity index (χ2v) is 8.35. The average molecular weight is 386 g/mol. The highest BCUT2D eigenvalue weighted by Gasteiger charge is 2.46. The lowest BCUT2D eigenvalue weighted by molar-refractivity contribution is -0.154. The number of benzene rings is 1. The van der Waals surface area contributed by atoms with Crippen molar-refractivity contribution in [1.82, 2.24) is 5.32 Å². The van der Waals surface area contributed by atoms with Crippen LogP contribution in [0.25, 0.3) is 0 Å². The molecule has 1 unspecified atom stereocenters. The topological polar surface area (TPSA) is 75.7 Å². The van der Waals surface area contributed by atoms with Crippen molar-refractivity contribution < 1.29 is 19.1 Å². The summed E-state index contributed by atoms with van der Waals surface area (Å²) in [6.45, 7) is 6.68. The Morgan fingerprint density at radius 2 is 1.82 bits per heavy atom. The standard InChI is InChI=1S/C22H30N2O4/c1-14-7-10-22(11-8-14,21(27)28-4)23-19(25)18-9-12-24(20(18)26)17-6-5-15(2)16(3)13-17/h5-6,13-14,18H,7-12H2,1-4H3,(H,23,25). The van der Waals surface area contributed by atoms with Crippen molar-refractivity contribution in [3.63, 3.8) is 0 Å². The van der Waals surface area contributed by atoms with Gasteiger partial charge in [-0.05, 0) is 75.1 Å². The number of esters is 1.